The van der Waals surface area contributed by atoms with Crippen molar-refractivity contribution in [2.24, 2.45) is 4.99 Å². The van der Waals surface area contributed by atoms with E-state index in [1.54, 1.807) is 17.5 Å². The van der Waals surface area contributed by atoms with Crippen LogP contribution in [0.4, 0.5) is 0 Å². The number of nitrogens with one attached hydrogen (secondary N) is 1. The quantitative estimate of drug-likeness (QED) is 0.620. The van der Waals surface area contributed by atoms with Crippen molar-refractivity contribution in [3.8, 4) is 0 Å². The van der Waals surface area contributed by atoms with Gasteiger partial charge in [-0.2, -0.15) is 19.8 Å². The monoisotopic (exact) mass is 386 g/mol. The van der Waals surface area contributed by atoms with Crippen LogP contribution in [0.3, 0.4) is 0 Å². The van der Waals surface area contributed by atoms with Gasteiger partial charge in [-0.25, -0.2) is 8.42 Å². The van der Waals surface area contributed by atoms with Gasteiger partial charge in [-0.15, -0.1) is 0 Å². The number of sulfonamides is 1. The summed E-state index contributed by atoms with van der Waals surface area (Å²) < 4.78 is 54.9. The van der Waals surface area contributed by atoms with E-state index in [1.165, 1.54) is 28.8 Å². The Morgan fingerprint density at radius 3 is 2.62 bits per heavy atom. The Balaban J connectivity index is 1.65. The highest BCUT2D eigenvalue weighted by molar-refractivity contribution is 7.90. The predicted molar refractivity (Wildman–Crippen MR) is 90.4 cm³/mol. The van der Waals surface area contributed by atoms with Crippen molar-refractivity contribution >= 4 is 37.3 Å². The third kappa shape index (κ3) is 3.36. The fraction of sp³-hybridized carbons (Fsp3) is 0.214. The maximum absolute atomic E-state index is 12.0. The summed E-state index contributed by atoms with van der Waals surface area (Å²) in [5.41, 5.74) is 1.45. The SMILES string of the molecule is Cc1ccc(S(=O)(=O)OCCN=C2NS(=O)(=O)c3cscc32)cc1. The van der Waals surface area contributed by atoms with Gasteiger partial charge in [0.1, 0.15) is 10.7 Å². The highest BCUT2D eigenvalue weighted by Gasteiger charge is 2.31. The molecule has 1 aliphatic rings. The molecule has 0 saturated heterocycles. The summed E-state index contributed by atoms with van der Waals surface area (Å²) >= 11 is 1.26. The zero-order valence-electron chi connectivity index (χ0n) is 12.6. The molecule has 3 rings (SSSR count). The van der Waals surface area contributed by atoms with Crippen LogP contribution >= 0.6 is 11.3 Å². The van der Waals surface area contributed by atoms with Crippen LogP contribution in [0.15, 0.2) is 49.8 Å². The number of fused-ring (bicyclic) bond motifs is 1. The Morgan fingerprint density at radius 2 is 1.92 bits per heavy atom. The first-order chi connectivity index (χ1) is 11.3. The zero-order chi connectivity index (χ0) is 17.4. The lowest BCUT2D eigenvalue weighted by Crippen LogP contribution is -2.23. The van der Waals surface area contributed by atoms with E-state index >= 15 is 0 Å². The number of benzene rings is 1. The van der Waals surface area contributed by atoms with Crippen molar-refractivity contribution in [1.29, 1.82) is 0 Å². The minimum Gasteiger partial charge on any atom is -0.265 e. The van der Waals surface area contributed by atoms with E-state index < -0.39 is 20.1 Å². The van der Waals surface area contributed by atoms with Crippen molar-refractivity contribution in [3.63, 3.8) is 0 Å². The molecule has 1 aromatic carbocycles. The maximum atomic E-state index is 12.0. The molecule has 24 heavy (non-hydrogen) atoms. The average molecular weight is 386 g/mol. The molecule has 1 aromatic heterocycles. The van der Waals surface area contributed by atoms with E-state index in [1.807, 2.05) is 6.92 Å². The van der Waals surface area contributed by atoms with Crippen LogP contribution in [0.25, 0.3) is 0 Å². The maximum Gasteiger partial charge on any atom is 0.297 e. The molecule has 0 fully saturated rings. The summed E-state index contributed by atoms with van der Waals surface area (Å²) in [5.74, 6) is 0.211. The van der Waals surface area contributed by atoms with Crippen LogP contribution < -0.4 is 4.72 Å². The first-order valence-electron chi connectivity index (χ1n) is 6.89. The van der Waals surface area contributed by atoms with Gasteiger partial charge in [0.15, 0.2) is 0 Å². The number of hydrogen-bond donors (Lipinski definition) is 1. The lowest BCUT2D eigenvalue weighted by atomic mass is 10.2. The Bertz CT molecular complexity index is 989. The van der Waals surface area contributed by atoms with Crippen LogP contribution in [0.1, 0.15) is 11.1 Å². The molecule has 0 saturated carbocycles. The van der Waals surface area contributed by atoms with E-state index in [-0.39, 0.29) is 28.8 Å². The molecule has 1 aliphatic heterocycles. The van der Waals surface area contributed by atoms with Crippen molar-refractivity contribution in [2.45, 2.75) is 16.7 Å². The molecule has 0 bridgehead atoms. The summed E-state index contributed by atoms with van der Waals surface area (Å²) in [6, 6.07) is 6.31. The van der Waals surface area contributed by atoms with Gasteiger partial charge in [-0.05, 0) is 19.1 Å². The minimum absolute atomic E-state index is 0.0121. The van der Waals surface area contributed by atoms with Crippen LogP contribution in [0.5, 0.6) is 0 Å². The van der Waals surface area contributed by atoms with Gasteiger partial charge in [0, 0.05) is 16.3 Å². The number of amidine groups is 1. The summed E-state index contributed by atoms with van der Waals surface area (Å²) in [6.07, 6.45) is 0. The van der Waals surface area contributed by atoms with Crippen LogP contribution in [0.2, 0.25) is 0 Å². The zero-order valence-corrected chi connectivity index (χ0v) is 15.0. The molecule has 0 aliphatic carbocycles. The van der Waals surface area contributed by atoms with Gasteiger partial charge in [-0.1, -0.05) is 17.7 Å². The summed E-state index contributed by atoms with van der Waals surface area (Å²) in [5, 5.41) is 3.20. The summed E-state index contributed by atoms with van der Waals surface area (Å²) in [4.78, 5) is 4.35. The Hall–Kier alpha value is -1.75. The van der Waals surface area contributed by atoms with E-state index in [2.05, 4.69) is 9.71 Å². The second kappa shape index (κ2) is 6.28. The van der Waals surface area contributed by atoms with Crippen LogP contribution in [-0.4, -0.2) is 35.8 Å². The molecule has 1 N–H and O–H groups in total. The standard InChI is InChI=1S/C14H14N2O5S3/c1-10-2-4-11(5-3-10)24(19,20)21-7-6-15-14-12-8-22-9-13(12)23(17,18)16-14/h2-5,8-9H,6-7H2,1H3,(H,15,16). The lowest BCUT2D eigenvalue weighted by Gasteiger charge is -2.05. The normalized spacial score (nSPS) is 17.6. The predicted octanol–water partition coefficient (Wildman–Crippen LogP) is 1.50. The van der Waals surface area contributed by atoms with Crippen molar-refractivity contribution < 1.29 is 21.0 Å². The number of hydrogen-bond acceptors (Lipinski definition) is 7. The summed E-state index contributed by atoms with van der Waals surface area (Å²) in [7, 11) is -7.40. The molecule has 2 aromatic rings. The molecule has 0 spiro atoms. The molecule has 10 heteroatoms. The van der Waals surface area contributed by atoms with Gasteiger partial charge < -0.3 is 0 Å². The first-order valence-corrected chi connectivity index (χ1v) is 10.7. The molecular weight excluding hydrogens is 372 g/mol. The van der Waals surface area contributed by atoms with Gasteiger partial charge in [0.2, 0.25) is 0 Å². The second-order valence-corrected chi connectivity index (χ2v) is 9.08. The van der Waals surface area contributed by atoms with Crippen LogP contribution in [-0.2, 0) is 24.3 Å². The number of nitrogens with zero attached hydrogens (tertiary/aromatic N) is 1. The van der Waals surface area contributed by atoms with E-state index in [0.29, 0.717) is 5.56 Å². The highest BCUT2D eigenvalue weighted by Crippen LogP contribution is 2.26. The van der Waals surface area contributed by atoms with Gasteiger partial charge in [-0.3, -0.25) is 13.9 Å². The van der Waals surface area contributed by atoms with Gasteiger partial charge in [0.25, 0.3) is 20.1 Å². The third-order valence-corrected chi connectivity index (χ3v) is 6.91. The molecule has 128 valence electrons. The number of thiophene rings is 1. The molecule has 7 nitrogen and oxygen atoms in total. The van der Waals surface area contributed by atoms with Crippen LogP contribution in [0, 0.1) is 6.92 Å². The van der Waals surface area contributed by atoms with E-state index in [4.69, 9.17) is 4.18 Å². The number of aryl methyl sites for hydroxylation is 1. The fourth-order valence-corrected chi connectivity index (χ4v) is 5.42. The second-order valence-electron chi connectivity index (χ2n) is 5.07. The van der Waals surface area contributed by atoms with Crippen molar-refractivity contribution in [2.75, 3.05) is 13.2 Å². The average Bonchev–Trinajstić information content (AvgIpc) is 3.08. The Morgan fingerprint density at radius 1 is 1.21 bits per heavy atom. The number of aliphatic imine (C=N–C) groups is 1. The Kier molecular flexibility index (Phi) is 4.47. The highest BCUT2D eigenvalue weighted by atomic mass is 32.2. The molecule has 0 radical (unpaired) electrons. The van der Waals surface area contributed by atoms with E-state index in [9.17, 15) is 16.8 Å². The number of rotatable bonds is 5. The minimum atomic E-state index is -3.85. The molecular formula is C14H14N2O5S3. The summed E-state index contributed by atoms with van der Waals surface area (Å²) in [6.45, 7) is 1.69. The molecule has 0 amide bonds. The molecule has 2 heterocycles. The van der Waals surface area contributed by atoms with Gasteiger partial charge >= 0.3 is 0 Å². The van der Waals surface area contributed by atoms with Gasteiger partial charge in [0.05, 0.1) is 18.0 Å². The smallest absolute Gasteiger partial charge is 0.265 e. The Labute approximate surface area is 144 Å². The largest absolute Gasteiger partial charge is 0.297 e. The lowest BCUT2D eigenvalue weighted by molar-refractivity contribution is 0.328. The molecule has 0 atom stereocenters. The van der Waals surface area contributed by atoms with E-state index in [0.717, 1.165) is 5.56 Å². The molecule has 0 unspecified atom stereocenters. The first kappa shape index (κ1) is 17.1. The van der Waals surface area contributed by atoms with Crippen molar-refractivity contribution in [1.82, 2.24) is 4.72 Å². The third-order valence-electron chi connectivity index (χ3n) is 3.31. The fourth-order valence-electron chi connectivity index (χ4n) is 2.10. The topological polar surface area (TPSA) is 102 Å². The van der Waals surface area contributed by atoms with Crippen molar-refractivity contribution in [3.05, 3.63) is 46.2 Å².